The first-order chi connectivity index (χ1) is 7.08. The molecular formula is C12H24O2S2Sn. The van der Waals surface area contributed by atoms with E-state index in [2.05, 4.69) is 39.1 Å². The Hall–Kier alpha value is 0.969. The fraction of sp³-hybridized carbons (Fsp3) is 0.917. The van der Waals surface area contributed by atoms with Crippen molar-refractivity contribution in [3.63, 3.8) is 0 Å². The molecule has 0 spiro atoms. The Balaban J connectivity index is 0. The second-order valence-corrected chi connectivity index (χ2v) is 6.98. The number of esters is 1. The van der Waals surface area contributed by atoms with Gasteiger partial charge in [0.15, 0.2) is 0 Å². The molecule has 0 unspecified atom stereocenters. The monoisotopic (exact) mass is 384 g/mol. The zero-order valence-electron chi connectivity index (χ0n) is 11.4. The smallest absolute Gasteiger partial charge is 0.304 e. The van der Waals surface area contributed by atoms with E-state index < -0.39 is 4.27 Å². The van der Waals surface area contributed by atoms with Crippen molar-refractivity contribution in [3.05, 3.63) is 0 Å². The molecule has 17 heavy (non-hydrogen) atoms. The van der Waals surface area contributed by atoms with Gasteiger partial charge in [-0.2, -0.15) is 0 Å². The minimum absolute atomic E-state index is 0. The summed E-state index contributed by atoms with van der Waals surface area (Å²) in [6, 6.07) is 0. The molecule has 0 aliphatic carbocycles. The van der Waals surface area contributed by atoms with Crippen LogP contribution in [0.3, 0.4) is 0 Å². The Morgan fingerprint density at radius 2 is 1.76 bits per heavy atom. The zero-order valence-corrected chi connectivity index (χ0v) is 16.1. The minimum atomic E-state index is -1.00. The Labute approximate surface area is 133 Å². The summed E-state index contributed by atoms with van der Waals surface area (Å²) >= 11 is 8.70. The molecule has 0 amide bonds. The van der Waals surface area contributed by atoms with Crippen LogP contribution in [0.15, 0.2) is 0 Å². The summed E-state index contributed by atoms with van der Waals surface area (Å²) in [5, 5.41) is 0. The summed E-state index contributed by atoms with van der Waals surface area (Å²) in [6.45, 7) is 9.83. The van der Waals surface area contributed by atoms with Gasteiger partial charge in [-0.1, -0.05) is 40.5 Å². The molecule has 0 N–H and O–H groups in total. The summed E-state index contributed by atoms with van der Waals surface area (Å²) in [5.74, 6) is 0.348. The van der Waals surface area contributed by atoms with Crippen LogP contribution in [0, 0.1) is 11.3 Å². The van der Waals surface area contributed by atoms with Crippen molar-refractivity contribution in [2.24, 2.45) is 11.3 Å². The van der Waals surface area contributed by atoms with Gasteiger partial charge in [-0.05, 0) is 12.3 Å². The van der Waals surface area contributed by atoms with Crippen LogP contribution in [0.1, 0.15) is 53.9 Å². The first-order valence-corrected chi connectivity index (χ1v) is 6.62. The van der Waals surface area contributed by atoms with Crippen molar-refractivity contribution in [1.82, 2.24) is 0 Å². The molecule has 4 radical (unpaired) electrons. The average Bonchev–Trinajstić information content (AvgIpc) is 1.99. The molecule has 0 atom stereocenters. The molecular weight excluding hydrogens is 359 g/mol. The molecule has 0 aliphatic heterocycles. The molecule has 5 heteroatoms. The van der Waals surface area contributed by atoms with Gasteiger partial charge >= 0.3 is 5.97 Å². The maximum atomic E-state index is 11.0. The van der Waals surface area contributed by atoms with Crippen molar-refractivity contribution >= 4 is 55.1 Å². The molecule has 0 aromatic heterocycles. The third kappa shape index (κ3) is 7.88. The van der Waals surface area contributed by atoms with Crippen molar-refractivity contribution in [2.45, 2.75) is 58.1 Å². The molecule has 0 saturated heterocycles. The van der Waals surface area contributed by atoms with Gasteiger partial charge in [0, 0.05) is 36.2 Å². The standard InChI is InChI=1S/C12H24O2S2.Sn/c1-9(2)7-6-8-11(4,5)12(15,16)14-10(3)13;/h9,15-16H,6-8H2,1-5H3;. The second-order valence-electron chi connectivity index (χ2n) is 5.37. The van der Waals surface area contributed by atoms with Crippen molar-refractivity contribution in [2.75, 3.05) is 0 Å². The van der Waals surface area contributed by atoms with E-state index in [4.69, 9.17) is 4.74 Å². The Bertz CT molecular complexity index is 241. The SMILES string of the molecule is CC(=O)OC(S)(S)C(C)(C)CCCC(C)C.[Sn]. The third-order valence-corrected chi connectivity index (χ3v) is 4.14. The molecule has 0 aromatic rings. The van der Waals surface area contributed by atoms with E-state index in [9.17, 15) is 4.79 Å². The number of carbonyl (C=O) groups excluding carboxylic acids is 1. The second kappa shape index (κ2) is 8.20. The van der Waals surface area contributed by atoms with E-state index in [0.717, 1.165) is 12.8 Å². The predicted molar refractivity (Wildman–Crippen MR) is 80.7 cm³/mol. The van der Waals surface area contributed by atoms with Crippen molar-refractivity contribution < 1.29 is 9.53 Å². The quantitative estimate of drug-likeness (QED) is 0.318. The van der Waals surface area contributed by atoms with Crippen LogP contribution in [-0.2, 0) is 9.53 Å². The van der Waals surface area contributed by atoms with E-state index >= 15 is 0 Å². The van der Waals surface area contributed by atoms with Crippen molar-refractivity contribution in [3.8, 4) is 0 Å². The van der Waals surface area contributed by atoms with Crippen LogP contribution in [0.4, 0.5) is 0 Å². The van der Waals surface area contributed by atoms with Gasteiger partial charge in [0.1, 0.15) is 0 Å². The van der Waals surface area contributed by atoms with Gasteiger partial charge in [0.2, 0.25) is 4.27 Å². The number of carbonyl (C=O) groups is 1. The summed E-state index contributed by atoms with van der Waals surface area (Å²) in [7, 11) is 0. The Morgan fingerprint density at radius 3 is 2.12 bits per heavy atom. The molecule has 0 aromatic carbocycles. The number of ether oxygens (including phenoxy) is 1. The maximum Gasteiger partial charge on any atom is 0.304 e. The van der Waals surface area contributed by atoms with Crippen LogP contribution < -0.4 is 0 Å². The number of rotatable bonds is 6. The molecule has 100 valence electrons. The van der Waals surface area contributed by atoms with Gasteiger partial charge in [-0.15, -0.1) is 25.3 Å². The third-order valence-electron chi connectivity index (χ3n) is 2.75. The van der Waals surface area contributed by atoms with Gasteiger partial charge in [-0.3, -0.25) is 4.79 Å². The van der Waals surface area contributed by atoms with E-state index in [1.54, 1.807) is 0 Å². The largest absolute Gasteiger partial charge is 0.438 e. The van der Waals surface area contributed by atoms with Crippen LogP contribution in [-0.4, -0.2) is 34.1 Å². The first-order valence-electron chi connectivity index (χ1n) is 5.73. The Kier molecular flexibility index (Phi) is 9.79. The molecule has 0 bridgehead atoms. The van der Waals surface area contributed by atoms with E-state index in [0.29, 0.717) is 5.92 Å². The van der Waals surface area contributed by atoms with Gasteiger partial charge < -0.3 is 4.74 Å². The maximum absolute atomic E-state index is 11.0. The van der Waals surface area contributed by atoms with Gasteiger partial charge in [0.05, 0.1) is 0 Å². The van der Waals surface area contributed by atoms with Gasteiger partial charge in [-0.25, -0.2) is 0 Å². The normalized spacial score (nSPS) is 12.2. The molecule has 0 saturated carbocycles. The van der Waals surface area contributed by atoms with Crippen LogP contribution in [0.5, 0.6) is 0 Å². The fourth-order valence-electron chi connectivity index (χ4n) is 1.45. The molecule has 0 rings (SSSR count). The fourth-order valence-corrected chi connectivity index (χ4v) is 1.93. The summed E-state index contributed by atoms with van der Waals surface area (Å²) in [4.78, 5) is 11.0. The van der Waals surface area contributed by atoms with E-state index in [1.807, 2.05) is 13.8 Å². The summed E-state index contributed by atoms with van der Waals surface area (Å²) in [5.41, 5.74) is -0.250. The zero-order chi connectivity index (χ0) is 13.0. The van der Waals surface area contributed by atoms with E-state index in [1.165, 1.54) is 13.3 Å². The molecule has 0 aliphatic rings. The average molecular weight is 383 g/mol. The number of hydrogen-bond donors (Lipinski definition) is 2. The summed E-state index contributed by atoms with van der Waals surface area (Å²) in [6.07, 6.45) is 3.20. The van der Waals surface area contributed by atoms with Crippen LogP contribution in [0.2, 0.25) is 0 Å². The Morgan fingerprint density at radius 1 is 1.29 bits per heavy atom. The first kappa shape index (κ1) is 20.3. The molecule has 2 nitrogen and oxygen atoms in total. The minimum Gasteiger partial charge on any atom is -0.438 e. The number of thiol groups is 2. The summed E-state index contributed by atoms with van der Waals surface area (Å²) < 4.78 is 4.15. The van der Waals surface area contributed by atoms with Crippen LogP contribution in [0.25, 0.3) is 0 Å². The predicted octanol–water partition coefficient (Wildman–Crippen LogP) is 3.53. The van der Waals surface area contributed by atoms with Crippen LogP contribution >= 0.6 is 25.3 Å². The van der Waals surface area contributed by atoms with Gasteiger partial charge in [0.25, 0.3) is 0 Å². The van der Waals surface area contributed by atoms with E-state index in [-0.39, 0.29) is 35.3 Å². The molecule has 0 heterocycles. The number of hydrogen-bond acceptors (Lipinski definition) is 4. The molecule has 0 fully saturated rings. The topological polar surface area (TPSA) is 26.3 Å². The van der Waals surface area contributed by atoms with Crippen molar-refractivity contribution in [1.29, 1.82) is 0 Å².